The van der Waals surface area contributed by atoms with Crippen molar-refractivity contribution in [1.82, 2.24) is 15.5 Å². The number of nitrogens with zero attached hydrogens (tertiary/aromatic N) is 1. The lowest BCUT2D eigenvalue weighted by Gasteiger charge is -2.42. The van der Waals surface area contributed by atoms with Crippen LogP contribution in [0.3, 0.4) is 0 Å². The first kappa shape index (κ1) is 15.8. The minimum Gasteiger partial charge on any atom is -0.353 e. The van der Waals surface area contributed by atoms with Crippen molar-refractivity contribution < 1.29 is 14.4 Å². The van der Waals surface area contributed by atoms with Gasteiger partial charge in [-0.25, -0.2) is 0 Å². The van der Waals surface area contributed by atoms with Crippen LogP contribution in [0.5, 0.6) is 0 Å². The predicted octanol–water partition coefficient (Wildman–Crippen LogP) is 0.274. The number of piperidine rings is 2. The molecule has 2 fully saturated rings. The van der Waals surface area contributed by atoms with E-state index in [1.807, 2.05) is 18.7 Å². The van der Waals surface area contributed by atoms with Crippen LogP contribution in [0.25, 0.3) is 0 Å². The van der Waals surface area contributed by atoms with E-state index in [2.05, 4.69) is 10.6 Å². The fraction of sp³-hybridized carbons (Fsp3) is 0.800. The van der Waals surface area contributed by atoms with Crippen LogP contribution < -0.4 is 10.6 Å². The zero-order chi connectivity index (χ0) is 15.6. The lowest BCUT2D eigenvalue weighted by atomic mass is 9.84. The van der Waals surface area contributed by atoms with Crippen LogP contribution in [-0.2, 0) is 14.4 Å². The summed E-state index contributed by atoms with van der Waals surface area (Å²) in [5.74, 6) is 0.336. The maximum Gasteiger partial charge on any atom is 0.245 e. The fourth-order valence-corrected chi connectivity index (χ4v) is 3.24. The first-order valence-corrected chi connectivity index (χ1v) is 7.73. The van der Waals surface area contributed by atoms with Gasteiger partial charge in [0.1, 0.15) is 6.04 Å². The Morgan fingerprint density at radius 3 is 2.67 bits per heavy atom. The molecule has 0 radical (unpaired) electrons. The Bertz CT molecular complexity index is 436. The van der Waals surface area contributed by atoms with E-state index in [1.54, 1.807) is 0 Å². The van der Waals surface area contributed by atoms with E-state index >= 15 is 0 Å². The van der Waals surface area contributed by atoms with E-state index in [9.17, 15) is 14.4 Å². The molecule has 2 N–H and O–H groups in total. The molecule has 0 saturated carbocycles. The molecular weight excluding hydrogens is 270 g/mol. The second-order valence-corrected chi connectivity index (χ2v) is 6.47. The summed E-state index contributed by atoms with van der Waals surface area (Å²) in [5.41, 5.74) is 0. The Labute approximate surface area is 125 Å². The van der Waals surface area contributed by atoms with E-state index in [0.29, 0.717) is 25.4 Å². The third-order valence-electron chi connectivity index (χ3n) is 4.43. The van der Waals surface area contributed by atoms with Crippen molar-refractivity contribution in [2.75, 3.05) is 13.1 Å². The van der Waals surface area contributed by atoms with E-state index in [-0.39, 0.29) is 29.7 Å². The van der Waals surface area contributed by atoms with Gasteiger partial charge in [0, 0.05) is 32.5 Å². The number of hydrogen-bond acceptors (Lipinski definition) is 3. The summed E-state index contributed by atoms with van der Waals surface area (Å²) in [5, 5.41) is 5.77. The van der Waals surface area contributed by atoms with Gasteiger partial charge in [0.2, 0.25) is 17.7 Å². The molecule has 2 saturated heterocycles. The molecule has 3 atom stereocenters. The number of rotatable bonds is 3. The van der Waals surface area contributed by atoms with Gasteiger partial charge in [-0.2, -0.15) is 0 Å². The molecule has 0 aromatic carbocycles. The predicted molar refractivity (Wildman–Crippen MR) is 78.3 cm³/mol. The smallest absolute Gasteiger partial charge is 0.245 e. The molecule has 3 amide bonds. The van der Waals surface area contributed by atoms with Crippen molar-refractivity contribution in [1.29, 1.82) is 0 Å². The Balaban J connectivity index is 1.99. The van der Waals surface area contributed by atoms with Crippen LogP contribution in [0.15, 0.2) is 0 Å². The van der Waals surface area contributed by atoms with Crippen molar-refractivity contribution in [3.63, 3.8) is 0 Å². The highest BCUT2D eigenvalue weighted by atomic mass is 16.2. The summed E-state index contributed by atoms with van der Waals surface area (Å²) in [6.45, 7) is 6.62. The van der Waals surface area contributed by atoms with Crippen LogP contribution in [0, 0.1) is 11.8 Å². The van der Waals surface area contributed by atoms with E-state index in [4.69, 9.17) is 0 Å². The first-order valence-electron chi connectivity index (χ1n) is 7.73. The molecule has 6 nitrogen and oxygen atoms in total. The first-order chi connectivity index (χ1) is 9.88. The molecule has 3 unspecified atom stereocenters. The number of amides is 3. The van der Waals surface area contributed by atoms with Gasteiger partial charge in [0.15, 0.2) is 0 Å². The molecule has 118 valence electrons. The normalized spacial score (nSPS) is 26.9. The summed E-state index contributed by atoms with van der Waals surface area (Å²) >= 11 is 0. The largest absolute Gasteiger partial charge is 0.353 e. The number of carbonyl (C=O) groups excluding carboxylic acids is 3. The molecule has 0 aliphatic carbocycles. The van der Waals surface area contributed by atoms with Crippen molar-refractivity contribution in [2.45, 2.75) is 52.1 Å². The number of carbonyl (C=O) groups is 3. The Morgan fingerprint density at radius 2 is 2.05 bits per heavy atom. The summed E-state index contributed by atoms with van der Waals surface area (Å²) in [6, 6.07) is -0.259. The zero-order valence-electron chi connectivity index (χ0n) is 13.0. The Morgan fingerprint density at radius 1 is 1.33 bits per heavy atom. The van der Waals surface area contributed by atoms with Crippen LogP contribution in [-0.4, -0.2) is 47.8 Å². The van der Waals surface area contributed by atoms with Crippen molar-refractivity contribution in [3.8, 4) is 0 Å². The molecule has 2 heterocycles. The van der Waals surface area contributed by atoms with Gasteiger partial charge < -0.3 is 15.5 Å². The summed E-state index contributed by atoms with van der Waals surface area (Å²) in [6.07, 6.45) is 2.18. The second-order valence-electron chi connectivity index (χ2n) is 6.47. The van der Waals surface area contributed by atoms with Gasteiger partial charge in [-0.15, -0.1) is 0 Å². The molecule has 0 bridgehead atoms. The number of likely N-dealkylation sites (tertiary alicyclic amines) is 1. The zero-order valence-corrected chi connectivity index (χ0v) is 13.0. The number of nitrogens with one attached hydrogen (secondary N) is 2. The van der Waals surface area contributed by atoms with E-state index < -0.39 is 6.04 Å². The maximum absolute atomic E-state index is 12.6. The van der Waals surface area contributed by atoms with Gasteiger partial charge in [0.25, 0.3) is 0 Å². The minimum atomic E-state index is -0.461. The topological polar surface area (TPSA) is 78.5 Å². The summed E-state index contributed by atoms with van der Waals surface area (Å²) < 4.78 is 0. The lowest BCUT2D eigenvalue weighted by Crippen LogP contribution is -2.58. The lowest BCUT2D eigenvalue weighted by molar-refractivity contribution is -0.140. The third kappa shape index (κ3) is 3.74. The molecule has 6 heteroatoms. The second kappa shape index (κ2) is 6.45. The highest BCUT2D eigenvalue weighted by Crippen LogP contribution is 2.26. The van der Waals surface area contributed by atoms with Gasteiger partial charge in [-0.05, 0) is 24.7 Å². The monoisotopic (exact) mass is 295 g/mol. The van der Waals surface area contributed by atoms with Crippen molar-refractivity contribution >= 4 is 17.7 Å². The average molecular weight is 295 g/mol. The van der Waals surface area contributed by atoms with Gasteiger partial charge in [0.05, 0.1) is 0 Å². The summed E-state index contributed by atoms with van der Waals surface area (Å²) in [4.78, 5) is 37.2. The molecule has 0 aromatic heterocycles. The quantitative estimate of drug-likeness (QED) is 0.784. The Kier molecular flexibility index (Phi) is 4.85. The standard InChI is InChI=1S/C15H25N3O3/c1-9(2)14(16-10(3)19)15(21)18-7-6-12-11(8-18)4-5-13(20)17-12/h9,11-12,14H,4-8H2,1-3H3,(H,16,19)(H,17,20). The molecular formula is C15H25N3O3. The molecule has 0 aromatic rings. The number of hydrogen-bond donors (Lipinski definition) is 2. The summed E-state index contributed by atoms with van der Waals surface area (Å²) in [7, 11) is 0. The van der Waals surface area contributed by atoms with Gasteiger partial charge in [-0.1, -0.05) is 13.8 Å². The minimum absolute atomic E-state index is 0.00412. The molecule has 0 spiro atoms. The van der Waals surface area contributed by atoms with Crippen LogP contribution in [0.2, 0.25) is 0 Å². The van der Waals surface area contributed by atoms with Crippen molar-refractivity contribution in [2.24, 2.45) is 11.8 Å². The fourth-order valence-electron chi connectivity index (χ4n) is 3.24. The van der Waals surface area contributed by atoms with Crippen LogP contribution in [0.1, 0.15) is 40.0 Å². The van der Waals surface area contributed by atoms with Gasteiger partial charge >= 0.3 is 0 Å². The van der Waals surface area contributed by atoms with E-state index in [0.717, 1.165) is 12.8 Å². The molecule has 2 aliphatic heterocycles. The van der Waals surface area contributed by atoms with Gasteiger partial charge in [-0.3, -0.25) is 14.4 Å². The third-order valence-corrected chi connectivity index (χ3v) is 4.43. The highest BCUT2D eigenvalue weighted by molar-refractivity contribution is 5.87. The number of fused-ring (bicyclic) bond motifs is 1. The van der Waals surface area contributed by atoms with E-state index in [1.165, 1.54) is 6.92 Å². The van der Waals surface area contributed by atoms with Crippen LogP contribution >= 0.6 is 0 Å². The van der Waals surface area contributed by atoms with Crippen molar-refractivity contribution in [3.05, 3.63) is 0 Å². The Hall–Kier alpha value is -1.59. The average Bonchev–Trinajstić information content (AvgIpc) is 2.43. The SMILES string of the molecule is CC(=O)NC(C(=O)N1CCC2NC(=O)CCC2C1)C(C)C. The van der Waals surface area contributed by atoms with Crippen LogP contribution in [0.4, 0.5) is 0 Å². The molecule has 2 rings (SSSR count). The maximum atomic E-state index is 12.6. The highest BCUT2D eigenvalue weighted by Gasteiger charge is 2.37. The molecule has 21 heavy (non-hydrogen) atoms. The molecule has 2 aliphatic rings.